The first-order valence-electron chi connectivity index (χ1n) is 35.9. The van der Waals surface area contributed by atoms with Gasteiger partial charge in [-0.05, 0) is 152 Å². The highest BCUT2D eigenvalue weighted by atomic mass is 17.3. The summed E-state index contributed by atoms with van der Waals surface area (Å²) in [7, 11) is 0. The van der Waals surface area contributed by atoms with Gasteiger partial charge in [0, 0.05) is 73.0 Å². The number of ether oxygens (including phenoxy) is 13. The number of fused-ring (bicyclic) bond motifs is 8. The van der Waals surface area contributed by atoms with Gasteiger partial charge in [0.05, 0.1) is 38.1 Å². The van der Waals surface area contributed by atoms with Gasteiger partial charge in [0.25, 0.3) is 0 Å². The van der Waals surface area contributed by atoms with Gasteiger partial charge in [0.2, 0.25) is 29.4 Å². The Morgan fingerprint density at radius 1 is 0.348 bits per heavy atom. The molecule has 4 aliphatic carbocycles. The molecule has 32 atom stereocenters. The average Bonchev–Trinajstić information content (AvgIpc) is 1.35. The lowest BCUT2D eigenvalue weighted by Gasteiger charge is -2.60. The number of rotatable bonds is 15. The van der Waals surface area contributed by atoms with Gasteiger partial charge >= 0.3 is 11.9 Å². The highest BCUT2D eigenvalue weighted by Gasteiger charge is 2.75. The normalized spacial score (nSPS) is 56.4. The number of esters is 2. The predicted octanol–water partition coefficient (Wildman–Crippen LogP) is 10.7. The third-order valence-electron chi connectivity index (χ3n) is 27.4. The standard InChI is InChI=1S/C69H104O23/c1-35-13-17-47-39(5)53(77-57-66(47)43(35)23-27-61(9,81-57)85-89-66)73-32-65(33-74-54-40(6)48-18-14-36(2)44-24-28-62(10)82-58(78-54)67(44,48)90-86-62,34-75-55-41(7)49-19-15-37(3)45-25-29-63(11)83-59(79-55)68(45,49)91-87-63)31-72-51(70)21-22-52(71)76-56-42(8)50-20-16-38(4)46-26-30-64(12)84-60(80-56)69(46,50)92-88-64/h35-50,53-60H,13-34H2,1-12H3/t35-,36-,37-,38-,39-,40-,41-,42-,43+,44+,45+,46+,47+,48+,49+,50+,53?,54?,55?,56-,57-,58-,59-,60-,61?,62?,63?,64?,65?,66-,67-,68-,69-/m1/s1. The fourth-order valence-corrected chi connectivity index (χ4v) is 21.9. The zero-order chi connectivity index (χ0) is 63.9. The molecule has 20 rings (SSSR count). The molecule has 23 heteroatoms. The van der Waals surface area contributed by atoms with Crippen molar-refractivity contribution in [1.82, 2.24) is 0 Å². The summed E-state index contributed by atoms with van der Waals surface area (Å²) in [4.78, 5) is 79.4. The van der Waals surface area contributed by atoms with Gasteiger partial charge in [-0.15, -0.1) is 0 Å². The third kappa shape index (κ3) is 9.98. The molecule has 20 aliphatic rings. The van der Waals surface area contributed by atoms with E-state index < -0.39 is 113 Å². The summed E-state index contributed by atoms with van der Waals surface area (Å²) in [6.07, 6.45) is 6.51. The number of hydrogen-bond acceptors (Lipinski definition) is 23. The zero-order valence-corrected chi connectivity index (χ0v) is 56.3. The second-order valence-corrected chi connectivity index (χ2v) is 33.2. The number of carbonyl (C=O) groups excluding carboxylic acids is 2. The van der Waals surface area contributed by atoms with E-state index in [4.69, 9.17) is 101 Å². The molecule has 0 amide bonds. The molecule has 0 N–H and O–H groups in total. The summed E-state index contributed by atoms with van der Waals surface area (Å²) in [5.74, 6) is -4.25. The van der Waals surface area contributed by atoms with Gasteiger partial charge in [-0.3, -0.25) is 9.59 Å². The van der Waals surface area contributed by atoms with Crippen LogP contribution in [0.1, 0.15) is 199 Å². The van der Waals surface area contributed by atoms with Crippen molar-refractivity contribution in [3.05, 3.63) is 0 Å². The summed E-state index contributed by atoms with van der Waals surface area (Å²) < 4.78 is 89.3. The van der Waals surface area contributed by atoms with Gasteiger partial charge < -0.3 is 61.6 Å². The van der Waals surface area contributed by atoms with E-state index in [-0.39, 0.29) is 110 Å². The Kier molecular flexibility index (Phi) is 16.3. The highest BCUT2D eigenvalue weighted by molar-refractivity contribution is 5.77. The monoisotopic (exact) mass is 1300 g/mol. The quantitative estimate of drug-likeness (QED) is 0.110. The molecule has 518 valence electrons. The second-order valence-electron chi connectivity index (χ2n) is 33.2. The third-order valence-corrected chi connectivity index (χ3v) is 27.4. The van der Waals surface area contributed by atoms with E-state index in [1.165, 1.54) is 0 Å². The van der Waals surface area contributed by atoms with Gasteiger partial charge in [-0.1, -0.05) is 55.4 Å². The summed E-state index contributed by atoms with van der Waals surface area (Å²) in [6.45, 7) is 24.7. The van der Waals surface area contributed by atoms with Gasteiger partial charge in [-0.25, -0.2) is 39.1 Å². The topological polar surface area (TPSA) is 228 Å². The molecule has 8 bridgehead atoms. The molecule has 16 heterocycles. The predicted molar refractivity (Wildman–Crippen MR) is 314 cm³/mol. The lowest BCUT2D eigenvalue weighted by Crippen LogP contribution is -2.71. The van der Waals surface area contributed by atoms with Crippen molar-refractivity contribution in [3.63, 3.8) is 0 Å². The van der Waals surface area contributed by atoms with Gasteiger partial charge in [0.15, 0.2) is 66.4 Å². The molecule has 20 fully saturated rings. The van der Waals surface area contributed by atoms with Crippen molar-refractivity contribution < 1.29 is 110 Å². The van der Waals surface area contributed by atoms with Gasteiger partial charge in [0.1, 0.15) is 6.61 Å². The highest BCUT2D eigenvalue weighted by Crippen LogP contribution is 2.66. The maximum absolute atomic E-state index is 14.6. The SMILES string of the molecule is C[C@H]1[C@H](OC(=O)CCC(=O)OCC(COC2O[C@@H]3OC4(C)CC[C@H]5[C@H](C)CC[C@@H]([C@H]2C)[C@@]35OO4)(COC2O[C@@H]3OC4(C)CC[C@H]5[C@H](C)CC[C@@H]([C@H]2C)[C@@]35OO4)COC2O[C@@H]3OC4(C)CC[C@H]5[C@H](C)CC[C@@H]([C@H]2C)[C@@]35OO4)O[C@@H]2OC3(C)CC[C@H]4[C@H](C)CC[C@@H]1[C@@]24OO3. The maximum Gasteiger partial charge on any atom is 0.308 e. The van der Waals surface area contributed by atoms with E-state index in [0.29, 0.717) is 49.4 Å². The van der Waals surface area contributed by atoms with Crippen LogP contribution in [0, 0.1) is 100 Å². The van der Waals surface area contributed by atoms with Crippen LogP contribution >= 0.6 is 0 Å². The van der Waals surface area contributed by atoms with Crippen molar-refractivity contribution in [2.75, 3.05) is 26.4 Å². The molecular weight excluding hydrogens is 1200 g/mol. The Bertz CT molecular complexity index is 2580. The van der Waals surface area contributed by atoms with Crippen molar-refractivity contribution in [3.8, 4) is 0 Å². The van der Waals surface area contributed by atoms with Crippen molar-refractivity contribution in [2.45, 2.75) is 295 Å². The van der Waals surface area contributed by atoms with Crippen LogP contribution in [0.15, 0.2) is 0 Å². The molecule has 4 spiro atoms. The fourth-order valence-electron chi connectivity index (χ4n) is 21.9. The molecule has 4 saturated carbocycles. The van der Waals surface area contributed by atoms with E-state index in [1.54, 1.807) is 0 Å². The average molecular weight is 1300 g/mol. The van der Waals surface area contributed by atoms with Gasteiger partial charge in [-0.2, -0.15) is 0 Å². The molecule has 92 heavy (non-hydrogen) atoms. The van der Waals surface area contributed by atoms with E-state index in [2.05, 4.69) is 48.5 Å². The Morgan fingerprint density at radius 2 is 0.630 bits per heavy atom. The molecule has 7 unspecified atom stereocenters. The van der Waals surface area contributed by atoms with Crippen LogP contribution in [0.25, 0.3) is 0 Å². The van der Waals surface area contributed by atoms with Crippen LogP contribution in [0.2, 0.25) is 0 Å². The minimum atomic E-state index is -1.29. The number of carbonyl (C=O) groups is 2. The van der Waals surface area contributed by atoms with Crippen LogP contribution in [-0.4, -0.2) is 134 Å². The van der Waals surface area contributed by atoms with Crippen LogP contribution in [-0.2, 0) is 110 Å². The minimum Gasteiger partial charge on any atom is -0.465 e. The van der Waals surface area contributed by atoms with Crippen molar-refractivity contribution in [2.24, 2.45) is 100 Å². The van der Waals surface area contributed by atoms with Crippen LogP contribution in [0.4, 0.5) is 0 Å². The minimum absolute atomic E-state index is 0.0379. The van der Waals surface area contributed by atoms with E-state index in [9.17, 15) is 9.59 Å². The summed E-state index contributed by atoms with van der Waals surface area (Å²) >= 11 is 0. The molecule has 0 aromatic heterocycles. The van der Waals surface area contributed by atoms with E-state index in [1.807, 2.05) is 34.6 Å². The first kappa shape index (κ1) is 64.8. The lowest BCUT2D eigenvalue weighted by molar-refractivity contribution is -0.578. The summed E-state index contributed by atoms with van der Waals surface area (Å²) in [5, 5.41) is 0. The summed E-state index contributed by atoms with van der Waals surface area (Å²) in [5.41, 5.74) is -4.63. The Hall–Kier alpha value is -1.82. The molecule has 23 nitrogen and oxygen atoms in total. The number of hydrogen-bond donors (Lipinski definition) is 0. The lowest BCUT2D eigenvalue weighted by atomic mass is 9.58. The van der Waals surface area contributed by atoms with Crippen molar-refractivity contribution >= 4 is 11.9 Å². The Balaban J connectivity index is 0.693. The largest absolute Gasteiger partial charge is 0.465 e. The molecule has 16 aliphatic heterocycles. The smallest absolute Gasteiger partial charge is 0.308 e. The second kappa shape index (κ2) is 23.1. The van der Waals surface area contributed by atoms with E-state index in [0.717, 1.165) is 77.0 Å². The van der Waals surface area contributed by atoms with Crippen LogP contribution in [0.5, 0.6) is 0 Å². The van der Waals surface area contributed by atoms with Crippen LogP contribution in [0.3, 0.4) is 0 Å². The Morgan fingerprint density at radius 3 is 0.946 bits per heavy atom. The zero-order valence-electron chi connectivity index (χ0n) is 56.3. The first-order valence-corrected chi connectivity index (χ1v) is 35.9. The molecule has 0 aromatic rings. The van der Waals surface area contributed by atoms with E-state index >= 15 is 0 Å². The molecule has 0 aromatic carbocycles. The van der Waals surface area contributed by atoms with Crippen LogP contribution < -0.4 is 0 Å². The maximum atomic E-state index is 14.6. The molecule has 16 saturated heterocycles. The Labute approximate surface area is 541 Å². The first-order chi connectivity index (χ1) is 43.9. The molecular formula is C69H104O23. The van der Waals surface area contributed by atoms with Crippen molar-refractivity contribution in [1.29, 1.82) is 0 Å². The fraction of sp³-hybridized carbons (Fsp3) is 0.971. The molecule has 0 radical (unpaired) electrons. The summed E-state index contributed by atoms with van der Waals surface area (Å²) in [6, 6.07) is 0.